The monoisotopic (exact) mass is 478 g/mol. The summed E-state index contributed by atoms with van der Waals surface area (Å²) in [5.41, 5.74) is -0.253. The Morgan fingerprint density at radius 3 is 2.38 bits per heavy atom. The summed E-state index contributed by atoms with van der Waals surface area (Å²) >= 11 is 0. The fourth-order valence-electron chi connectivity index (χ4n) is 4.93. The molecule has 1 fully saturated rings. The summed E-state index contributed by atoms with van der Waals surface area (Å²) in [5.74, 6) is -6.12. The van der Waals surface area contributed by atoms with Crippen LogP contribution in [0, 0.1) is 12.7 Å². The number of carbonyl (C=O) groups is 3. The number of benzene rings is 1. The van der Waals surface area contributed by atoms with Crippen LogP contribution in [0.25, 0.3) is 0 Å². The Hall–Kier alpha value is -3.18. The summed E-state index contributed by atoms with van der Waals surface area (Å²) < 4.78 is 42.0. The van der Waals surface area contributed by atoms with Gasteiger partial charge < -0.3 is 20.3 Å². The highest BCUT2D eigenvalue weighted by atomic mass is 19.3. The van der Waals surface area contributed by atoms with Crippen LogP contribution >= 0.6 is 0 Å². The van der Waals surface area contributed by atoms with Gasteiger partial charge in [-0.05, 0) is 56.6 Å². The summed E-state index contributed by atoms with van der Waals surface area (Å²) in [6.07, 6.45) is -1.97. The fourth-order valence-corrected chi connectivity index (χ4v) is 4.93. The lowest BCUT2D eigenvalue weighted by Crippen LogP contribution is -2.71. The van der Waals surface area contributed by atoms with Crippen LogP contribution in [0.1, 0.15) is 51.4 Å². The summed E-state index contributed by atoms with van der Waals surface area (Å²) in [6, 6.07) is 5.20. The molecule has 34 heavy (non-hydrogen) atoms. The third-order valence-electron chi connectivity index (χ3n) is 6.47. The molecule has 1 atom stereocenters. The molecule has 1 aromatic carbocycles. The second-order valence-electron chi connectivity index (χ2n) is 8.85. The summed E-state index contributed by atoms with van der Waals surface area (Å²) in [4.78, 5) is 39.0. The van der Waals surface area contributed by atoms with Crippen LogP contribution in [0.5, 0.6) is 0 Å². The molecule has 2 aliphatic rings. The second kappa shape index (κ2) is 8.55. The van der Waals surface area contributed by atoms with Gasteiger partial charge in [-0.2, -0.15) is 0 Å². The zero-order chi connectivity index (χ0) is 24.8. The molecular formula is C23H25F3N4O4. The first-order valence-electron chi connectivity index (χ1n) is 10.9. The number of halogens is 3. The van der Waals surface area contributed by atoms with E-state index in [1.165, 1.54) is 31.3 Å². The molecule has 2 heterocycles. The lowest BCUT2D eigenvalue weighted by Gasteiger charge is -2.49. The minimum Gasteiger partial charge on any atom is -0.376 e. The highest BCUT2D eigenvalue weighted by Gasteiger charge is 2.61. The van der Waals surface area contributed by atoms with Crippen molar-refractivity contribution in [3.63, 3.8) is 0 Å². The molecule has 2 amide bonds. The number of alkyl halides is 2. The molecule has 1 aliphatic carbocycles. The number of nitrogens with zero attached hydrogens (tertiary/aromatic N) is 1. The number of ketones is 1. The largest absolute Gasteiger partial charge is 0.376 e. The van der Waals surface area contributed by atoms with Crippen molar-refractivity contribution >= 4 is 23.3 Å². The Morgan fingerprint density at radius 1 is 1.15 bits per heavy atom. The third-order valence-corrected chi connectivity index (χ3v) is 6.47. The average Bonchev–Trinajstić information content (AvgIpc) is 3.32. The SMILES string of the molecule is CNC(O)C1(NC(=O)C(=O)c2c(C)c(C(=O)Nc3ccc(F)cc3)n3c2CCC3)CC(F)(F)C1. The van der Waals surface area contributed by atoms with E-state index < -0.39 is 53.9 Å². The number of likely N-dealkylation sites (N-methyl/N-ethyl adjacent to an activating group) is 1. The summed E-state index contributed by atoms with van der Waals surface area (Å²) in [6.45, 7) is 2.01. The van der Waals surface area contributed by atoms with Crippen LogP contribution in [0.3, 0.4) is 0 Å². The normalized spacial score (nSPS) is 18.5. The van der Waals surface area contributed by atoms with Gasteiger partial charge in [-0.25, -0.2) is 13.2 Å². The molecule has 8 nitrogen and oxygen atoms in total. The average molecular weight is 478 g/mol. The van der Waals surface area contributed by atoms with Crippen molar-refractivity contribution in [3.8, 4) is 0 Å². The molecule has 1 saturated carbocycles. The van der Waals surface area contributed by atoms with Gasteiger partial charge in [0.1, 0.15) is 17.7 Å². The van der Waals surface area contributed by atoms with Gasteiger partial charge in [-0.15, -0.1) is 0 Å². The molecule has 1 unspecified atom stereocenters. The molecule has 182 valence electrons. The van der Waals surface area contributed by atoms with Crippen molar-refractivity contribution in [1.82, 2.24) is 15.2 Å². The number of fused-ring (bicyclic) bond motifs is 1. The first-order chi connectivity index (χ1) is 16.0. The van der Waals surface area contributed by atoms with Crippen LogP contribution in [0.15, 0.2) is 24.3 Å². The maximum atomic E-state index is 13.6. The molecule has 4 rings (SSSR count). The summed E-state index contributed by atoms with van der Waals surface area (Å²) in [7, 11) is 1.35. The Labute approximate surface area is 193 Å². The number of anilines is 1. The maximum Gasteiger partial charge on any atom is 0.293 e. The number of Topliss-reactive ketones (excluding diaryl/α,β-unsaturated/α-hetero) is 1. The molecule has 1 aliphatic heterocycles. The number of nitrogens with one attached hydrogen (secondary N) is 3. The zero-order valence-corrected chi connectivity index (χ0v) is 18.7. The Bertz CT molecular complexity index is 1150. The van der Waals surface area contributed by atoms with Crippen molar-refractivity contribution in [2.45, 2.75) is 56.8 Å². The number of aliphatic hydroxyl groups is 1. The lowest BCUT2D eigenvalue weighted by atomic mass is 9.71. The van der Waals surface area contributed by atoms with E-state index in [2.05, 4.69) is 16.0 Å². The highest BCUT2D eigenvalue weighted by molar-refractivity contribution is 6.44. The number of amides is 2. The van der Waals surface area contributed by atoms with E-state index in [1.807, 2.05) is 0 Å². The molecular weight excluding hydrogens is 453 g/mol. The van der Waals surface area contributed by atoms with Gasteiger partial charge in [0, 0.05) is 30.8 Å². The molecule has 4 N–H and O–H groups in total. The van der Waals surface area contributed by atoms with E-state index in [-0.39, 0.29) is 16.8 Å². The number of hydrogen-bond donors (Lipinski definition) is 4. The minimum absolute atomic E-state index is 0.0550. The minimum atomic E-state index is -3.06. The Kier molecular flexibility index (Phi) is 6.03. The topological polar surface area (TPSA) is 112 Å². The van der Waals surface area contributed by atoms with Crippen LogP contribution in [-0.2, 0) is 17.8 Å². The van der Waals surface area contributed by atoms with E-state index in [1.54, 1.807) is 11.5 Å². The van der Waals surface area contributed by atoms with Gasteiger partial charge >= 0.3 is 0 Å². The molecule has 0 saturated heterocycles. The van der Waals surface area contributed by atoms with E-state index in [4.69, 9.17) is 0 Å². The molecule has 0 bridgehead atoms. The fraction of sp³-hybridized carbons (Fsp3) is 0.435. The van der Waals surface area contributed by atoms with Crippen molar-refractivity contribution in [2.75, 3.05) is 12.4 Å². The number of rotatable bonds is 7. The maximum absolute atomic E-state index is 13.6. The zero-order valence-electron chi connectivity index (χ0n) is 18.7. The third kappa shape index (κ3) is 4.09. The van der Waals surface area contributed by atoms with Gasteiger partial charge in [0.05, 0.1) is 11.1 Å². The van der Waals surface area contributed by atoms with Crippen LogP contribution in [0.4, 0.5) is 18.9 Å². The smallest absolute Gasteiger partial charge is 0.293 e. The quantitative estimate of drug-likeness (QED) is 0.277. The number of aliphatic hydroxyl groups excluding tert-OH is 1. The van der Waals surface area contributed by atoms with Gasteiger partial charge in [0.15, 0.2) is 0 Å². The number of aromatic nitrogens is 1. The van der Waals surface area contributed by atoms with Crippen LogP contribution < -0.4 is 16.0 Å². The Morgan fingerprint density at radius 2 is 1.79 bits per heavy atom. The standard InChI is InChI=1S/C23H25F3N4O4/c1-12-16(18(31)20(33)29-22(21(34)27-2)10-23(25,26)11-22)15-4-3-9-30(15)17(12)19(32)28-14-7-5-13(24)6-8-14/h5-8,21,27,34H,3-4,9-11H2,1-2H3,(H,28,32)(H,29,33). The van der Waals surface area contributed by atoms with E-state index in [9.17, 15) is 32.7 Å². The first kappa shape index (κ1) is 24.0. The predicted molar refractivity (Wildman–Crippen MR) is 116 cm³/mol. The van der Waals surface area contributed by atoms with Crippen molar-refractivity contribution in [1.29, 1.82) is 0 Å². The molecule has 2 aromatic rings. The van der Waals surface area contributed by atoms with Crippen molar-refractivity contribution in [2.24, 2.45) is 0 Å². The van der Waals surface area contributed by atoms with Gasteiger partial charge in [-0.1, -0.05) is 0 Å². The van der Waals surface area contributed by atoms with E-state index in [0.29, 0.717) is 30.8 Å². The van der Waals surface area contributed by atoms with Gasteiger partial charge in [0.25, 0.3) is 23.5 Å². The Balaban J connectivity index is 1.61. The molecule has 0 spiro atoms. The van der Waals surface area contributed by atoms with Gasteiger partial charge in [0.2, 0.25) is 0 Å². The predicted octanol–water partition coefficient (Wildman–Crippen LogP) is 2.14. The van der Waals surface area contributed by atoms with Crippen LogP contribution in [0.2, 0.25) is 0 Å². The molecule has 0 radical (unpaired) electrons. The number of carbonyl (C=O) groups excluding carboxylic acids is 3. The second-order valence-corrected chi connectivity index (χ2v) is 8.85. The molecule has 1 aromatic heterocycles. The van der Waals surface area contributed by atoms with E-state index in [0.717, 1.165) is 0 Å². The highest BCUT2D eigenvalue weighted by Crippen LogP contribution is 2.47. The van der Waals surface area contributed by atoms with Crippen molar-refractivity contribution < 1.29 is 32.7 Å². The van der Waals surface area contributed by atoms with Crippen molar-refractivity contribution in [3.05, 3.63) is 52.6 Å². The number of hydrogen-bond acceptors (Lipinski definition) is 5. The van der Waals surface area contributed by atoms with E-state index >= 15 is 0 Å². The van der Waals surface area contributed by atoms with Gasteiger partial charge in [-0.3, -0.25) is 19.7 Å². The lowest BCUT2D eigenvalue weighted by molar-refractivity contribution is -0.176. The summed E-state index contributed by atoms with van der Waals surface area (Å²) in [5, 5.41) is 17.6. The first-order valence-corrected chi connectivity index (χ1v) is 10.9. The molecule has 11 heteroatoms. The van der Waals surface area contributed by atoms with Crippen LogP contribution in [-0.4, -0.2) is 52.0 Å².